The largest absolute Gasteiger partial charge is 0.454 e. The number of carbonyl (C=O) groups excluding carboxylic acids is 1. The molecule has 0 atom stereocenters. The van der Waals surface area contributed by atoms with Crippen molar-refractivity contribution >= 4 is 23.4 Å². The minimum Gasteiger partial charge on any atom is -0.454 e. The monoisotopic (exact) mass is 395 g/mol. The first-order valence-electron chi connectivity index (χ1n) is 9.48. The minimum atomic E-state index is -0.0837. The average molecular weight is 395 g/mol. The van der Waals surface area contributed by atoms with E-state index >= 15 is 0 Å². The highest BCUT2D eigenvalue weighted by molar-refractivity contribution is 7.99. The lowest BCUT2D eigenvalue weighted by molar-refractivity contribution is -0.115. The minimum absolute atomic E-state index is 0.0837. The van der Waals surface area contributed by atoms with Gasteiger partial charge >= 0.3 is 0 Å². The Balaban J connectivity index is 1.35. The molecule has 1 N–H and O–H groups in total. The summed E-state index contributed by atoms with van der Waals surface area (Å²) >= 11 is 1.47. The summed E-state index contributed by atoms with van der Waals surface area (Å²) in [7, 11) is 0. The number of pyridine rings is 1. The second-order valence-electron chi connectivity index (χ2n) is 6.83. The molecule has 0 saturated heterocycles. The number of amides is 1. The van der Waals surface area contributed by atoms with Gasteiger partial charge in [0.15, 0.2) is 11.5 Å². The maximum Gasteiger partial charge on any atom is 0.231 e. The Morgan fingerprint density at radius 3 is 2.93 bits per heavy atom. The van der Waals surface area contributed by atoms with Crippen LogP contribution in [-0.2, 0) is 17.6 Å². The number of nitrogens with zero attached hydrogens (tertiary/aromatic N) is 2. The van der Waals surface area contributed by atoms with E-state index < -0.39 is 0 Å². The first-order valence-corrected chi connectivity index (χ1v) is 10.5. The summed E-state index contributed by atoms with van der Waals surface area (Å²) in [5.74, 6) is 1.81. The zero-order valence-corrected chi connectivity index (χ0v) is 16.3. The molecule has 6 nitrogen and oxygen atoms in total. The smallest absolute Gasteiger partial charge is 0.231 e. The van der Waals surface area contributed by atoms with Gasteiger partial charge in [-0.25, -0.2) is 4.98 Å². The van der Waals surface area contributed by atoms with Crippen LogP contribution in [0.2, 0.25) is 0 Å². The quantitative estimate of drug-likeness (QED) is 0.607. The number of aromatic nitrogens is 1. The van der Waals surface area contributed by atoms with Crippen molar-refractivity contribution in [3.63, 3.8) is 0 Å². The van der Waals surface area contributed by atoms with Crippen LogP contribution < -0.4 is 14.8 Å². The van der Waals surface area contributed by atoms with Crippen molar-refractivity contribution in [2.24, 2.45) is 0 Å². The Kier molecular flexibility index (Phi) is 5.68. The summed E-state index contributed by atoms with van der Waals surface area (Å²) in [5.41, 5.74) is 3.62. The van der Waals surface area contributed by atoms with Gasteiger partial charge in [-0.15, -0.1) is 11.8 Å². The molecule has 1 aromatic carbocycles. The molecule has 0 radical (unpaired) electrons. The number of hydrogen-bond acceptors (Lipinski definition) is 6. The van der Waals surface area contributed by atoms with Gasteiger partial charge in [0, 0.05) is 29.6 Å². The van der Waals surface area contributed by atoms with Crippen LogP contribution in [0, 0.1) is 11.3 Å². The van der Waals surface area contributed by atoms with E-state index in [9.17, 15) is 10.1 Å². The fraction of sp³-hybridized carbons (Fsp3) is 0.381. The first kappa shape index (κ1) is 18.6. The van der Waals surface area contributed by atoms with E-state index in [1.807, 2.05) is 6.07 Å². The third-order valence-corrected chi connectivity index (χ3v) is 5.85. The van der Waals surface area contributed by atoms with Crippen LogP contribution in [0.3, 0.4) is 0 Å². The van der Waals surface area contributed by atoms with Gasteiger partial charge in [0.2, 0.25) is 12.7 Å². The molecule has 2 aliphatic rings. The predicted molar refractivity (Wildman–Crippen MR) is 107 cm³/mol. The molecule has 0 spiro atoms. The van der Waals surface area contributed by atoms with Gasteiger partial charge in [0.05, 0.1) is 5.56 Å². The zero-order chi connectivity index (χ0) is 19.3. The summed E-state index contributed by atoms with van der Waals surface area (Å²) in [4.78, 5) is 17.0. The molecule has 144 valence electrons. The molecule has 0 fully saturated rings. The lowest BCUT2D eigenvalue weighted by atomic mass is 10.1. The van der Waals surface area contributed by atoms with Crippen LogP contribution in [-0.4, -0.2) is 23.4 Å². The fourth-order valence-electron chi connectivity index (χ4n) is 3.42. The topological polar surface area (TPSA) is 84.2 Å². The van der Waals surface area contributed by atoms with E-state index in [2.05, 4.69) is 11.4 Å². The highest BCUT2D eigenvalue weighted by atomic mass is 32.2. The molecule has 1 aromatic heterocycles. The van der Waals surface area contributed by atoms with Gasteiger partial charge in [0.25, 0.3) is 0 Å². The number of carbonyl (C=O) groups is 1. The maximum absolute atomic E-state index is 12.3. The standard InChI is InChI=1S/C21H21N3O3S/c22-12-15-10-14-4-2-1-3-5-17(14)24-21(15)28-9-8-20(25)23-16-6-7-18-19(11-16)27-13-26-18/h6-7,10-11H,1-5,8-9,13H2,(H,23,25). The summed E-state index contributed by atoms with van der Waals surface area (Å²) in [6, 6.07) is 9.58. The Labute approximate surface area is 168 Å². The lowest BCUT2D eigenvalue weighted by Crippen LogP contribution is -2.12. The van der Waals surface area contributed by atoms with E-state index in [-0.39, 0.29) is 12.7 Å². The first-order chi connectivity index (χ1) is 13.7. The molecule has 0 saturated carbocycles. The number of hydrogen-bond donors (Lipinski definition) is 1. The number of aryl methyl sites for hydroxylation is 2. The van der Waals surface area contributed by atoms with Crippen molar-refractivity contribution in [3.05, 3.63) is 41.1 Å². The van der Waals surface area contributed by atoms with E-state index in [0.717, 1.165) is 36.4 Å². The van der Waals surface area contributed by atoms with E-state index in [0.29, 0.717) is 34.9 Å². The summed E-state index contributed by atoms with van der Waals surface area (Å²) < 4.78 is 10.6. The third kappa shape index (κ3) is 4.23. The van der Waals surface area contributed by atoms with Crippen LogP contribution >= 0.6 is 11.8 Å². The number of benzene rings is 1. The van der Waals surface area contributed by atoms with Crippen LogP contribution in [0.1, 0.15) is 42.5 Å². The normalized spacial score (nSPS) is 14.7. The van der Waals surface area contributed by atoms with Crippen LogP contribution in [0.25, 0.3) is 0 Å². The van der Waals surface area contributed by atoms with Crippen molar-refractivity contribution in [1.29, 1.82) is 5.26 Å². The molecular weight excluding hydrogens is 374 g/mol. The Morgan fingerprint density at radius 1 is 1.18 bits per heavy atom. The van der Waals surface area contributed by atoms with Crippen molar-refractivity contribution in [1.82, 2.24) is 4.98 Å². The summed E-state index contributed by atoms with van der Waals surface area (Å²) in [6.45, 7) is 0.207. The summed E-state index contributed by atoms with van der Waals surface area (Å²) in [5, 5.41) is 13.1. The van der Waals surface area contributed by atoms with Gasteiger partial charge in [0.1, 0.15) is 11.1 Å². The van der Waals surface area contributed by atoms with Gasteiger partial charge in [-0.1, -0.05) is 6.42 Å². The van der Waals surface area contributed by atoms with Crippen molar-refractivity contribution in [3.8, 4) is 17.6 Å². The molecule has 7 heteroatoms. The predicted octanol–water partition coefficient (Wildman–Crippen LogP) is 4.07. The van der Waals surface area contributed by atoms with E-state index in [1.165, 1.54) is 23.7 Å². The molecule has 4 rings (SSSR count). The second kappa shape index (κ2) is 8.53. The van der Waals surface area contributed by atoms with Gasteiger partial charge in [-0.2, -0.15) is 5.26 Å². The second-order valence-corrected chi connectivity index (χ2v) is 7.92. The number of thioether (sulfide) groups is 1. The molecule has 0 bridgehead atoms. The lowest BCUT2D eigenvalue weighted by Gasteiger charge is -2.10. The SMILES string of the molecule is N#Cc1cc2c(nc1SCCC(=O)Nc1ccc3c(c1)OCO3)CCCCC2. The molecule has 0 unspecified atom stereocenters. The van der Waals surface area contributed by atoms with Gasteiger partial charge < -0.3 is 14.8 Å². The molecule has 1 aliphatic carbocycles. The van der Waals surface area contributed by atoms with Gasteiger partial charge in [-0.05, 0) is 49.4 Å². The number of rotatable bonds is 5. The van der Waals surface area contributed by atoms with Crippen molar-refractivity contribution in [2.45, 2.75) is 43.6 Å². The van der Waals surface area contributed by atoms with Crippen molar-refractivity contribution in [2.75, 3.05) is 17.9 Å². The van der Waals surface area contributed by atoms with Crippen LogP contribution in [0.5, 0.6) is 11.5 Å². The molecular formula is C21H21N3O3S. The number of ether oxygens (including phenoxy) is 2. The Bertz CT molecular complexity index is 939. The number of anilines is 1. The Morgan fingerprint density at radius 2 is 2.04 bits per heavy atom. The van der Waals surface area contributed by atoms with Crippen LogP contribution in [0.4, 0.5) is 5.69 Å². The maximum atomic E-state index is 12.3. The van der Waals surface area contributed by atoms with Crippen LogP contribution in [0.15, 0.2) is 29.3 Å². The van der Waals surface area contributed by atoms with Crippen molar-refractivity contribution < 1.29 is 14.3 Å². The fourth-order valence-corrected chi connectivity index (χ4v) is 4.34. The molecule has 1 aliphatic heterocycles. The number of nitrogens with one attached hydrogen (secondary N) is 1. The highest BCUT2D eigenvalue weighted by Gasteiger charge is 2.16. The molecule has 2 heterocycles. The molecule has 1 amide bonds. The molecule has 2 aromatic rings. The number of fused-ring (bicyclic) bond motifs is 2. The molecule has 28 heavy (non-hydrogen) atoms. The average Bonchev–Trinajstić information content (AvgIpc) is 3.04. The van der Waals surface area contributed by atoms with E-state index in [4.69, 9.17) is 14.5 Å². The third-order valence-electron chi connectivity index (χ3n) is 4.86. The van der Waals surface area contributed by atoms with Gasteiger partial charge in [-0.3, -0.25) is 4.79 Å². The summed E-state index contributed by atoms with van der Waals surface area (Å²) in [6.07, 6.45) is 5.82. The Hall–Kier alpha value is -2.72. The zero-order valence-electron chi connectivity index (χ0n) is 15.5. The highest BCUT2D eigenvalue weighted by Crippen LogP contribution is 2.34. The van der Waals surface area contributed by atoms with E-state index in [1.54, 1.807) is 18.2 Å². The number of nitriles is 1.